The Morgan fingerprint density at radius 1 is 0.316 bits per heavy atom. The molecule has 0 amide bonds. The minimum absolute atomic E-state index is 0.00350. The summed E-state index contributed by atoms with van der Waals surface area (Å²) < 4.78 is 169. The molecule has 10 aromatic rings. The largest absolute Gasteiger partial charge is 0.310 e. The van der Waals surface area contributed by atoms with E-state index in [4.69, 9.17) is 8.22 Å². The summed E-state index contributed by atoms with van der Waals surface area (Å²) in [7, 11) is 0. The highest BCUT2D eigenvalue weighted by atomic mass is 15.1. The normalized spacial score (nSPS) is 15.6. The van der Waals surface area contributed by atoms with E-state index in [2.05, 4.69) is 0 Å². The Kier molecular flexibility index (Phi) is 5.23. The summed E-state index contributed by atoms with van der Waals surface area (Å²) in [6, 6.07) is 23.4. The van der Waals surface area contributed by atoms with Crippen molar-refractivity contribution in [3.05, 3.63) is 236 Å². The smallest absolute Gasteiger partial charge is 0.0645 e. The molecule has 10 rings (SSSR count). The van der Waals surface area contributed by atoms with Crippen LogP contribution in [-0.4, -0.2) is 0 Å². The molecule has 10 aromatic carbocycles. The Balaban J connectivity index is 1.36. The van der Waals surface area contributed by atoms with Crippen LogP contribution in [0.3, 0.4) is 0 Å². The number of benzene rings is 10. The van der Waals surface area contributed by atoms with Gasteiger partial charge in [0.25, 0.3) is 0 Å². The summed E-state index contributed by atoms with van der Waals surface area (Å²) in [6.07, 6.45) is 0. The first-order valence-corrected chi connectivity index (χ1v) is 18.1. The van der Waals surface area contributed by atoms with Gasteiger partial charge in [0.15, 0.2) is 0 Å². The number of fused-ring (bicyclic) bond motifs is 2. The maximum absolute atomic E-state index is 9.98. The van der Waals surface area contributed by atoms with E-state index in [0.29, 0.717) is 27.6 Å². The second kappa shape index (κ2) is 15.0. The van der Waals surface area contributed by atoms with Crippen LogP contribution < -0.4 is 4.90 Å². The van der Waals surface area contributed by atoms with E-state index < -0.39 is 142 Å². The predicted octanol–water partition coefficient (Wildman–Crippen LogP) is 15.8. The molecule has 0 atom stereocenters. The van der Waals surface area contributed by atoms with Crippen LogP contribution >= 0.6 is 0 Å². The molecular weight excluding hydrogens is 687 g/mol. The third kappa shape index (κ3) is 6.66. The van der Waals surface area contributed by atoms with Crippen LogP contribution in [0.1, 0.15) is 24.7 Å². The van der Waals surface area contributed by atoms with Crippen molar-refractivity contribution < 1.29 is 24.7 Å². The lowest BCUT2D eigenvalue weighted by molar-refractivity contribution is 1.28. The first-order valence-electron chi connectivity index (χ1n) is 27.1. The van der Waals surface area contributed by atoms with Crippen molar-refractivity contribution in [3.8, 4) is 55.6 Å². The van der Waals surface area contributed by atoms with Gasteiger partial charge in [-0.3, -0.25) is 0 Å². The van der Waals surface area contributed by atoms with Crippen molar-refractivity contribution in [2.75, 3.05) is 4.90 Å². The lowest BCUT2D eigenvalue weighted by atomic mass is 9.89. The van der Waals surface area contributed by atoms with Crippen molar-refractivity contribution in [3.63, 3.8) is 0 Å². The van der Waals surface area contributed by atoms with Gasteiger partial charge in [0.1, 0.15) is 0 Å². The molecule has 1 heteroatoms. The summed E-state index contributed by atoms with van der Waals surface area (Å²) in [5.74, 6) is 0. The Morgan fingerprint density at radius 2 is 0.842 bits per heavy atom. The Labute approximate surface area is 359 Å². The van der Waals surface area contributed by atoms with Crippen molar-refractivity contribution in [2.45, 2.75) is 0 Å². The fourth-order valence-electron chi connectivity index (χ4n) is 6.86. The van der Waals surface area contributed by atoms with Crippen molar-refractivity contribution in [1.82, 2.24) is 0 Å². The molecule has 0 saturated carbocycles. The molecule has 0 aliphatic carbocycles. The zero-order chi connectivity index (χ0) is 53.6. The van der Waals surface area contributed by atoms with Crippen molar-refractivity contribution >= 4 is 38.6 Å². The number of nitrogens with zero attached hydrogens (tertiary/aromatic N) is 1. The average Bonchev–Trinajstić information content (AvgIpc) is 3.42. The van der Waals surface area contributed by atoms with Gasteiger partial charge in [0.05, 0.1) is 30.4 Å². The summed E-state index contributed by atoms with van der Waals surface area (Å²) in [5.41, 5.74) is -1.21. The molecule has 0 bridgehead atoms. The fraction of sp³-hybridized carbons (Fsp3) is 0. The summed E-state index contributed by atoms with van der Waals surface area (Å²) in [6.45, 7) is 0. The molecule has 1 nitrogen and oxygen atoms in total. The zero-order valence-corrected chi connectivity index (χ0v) is 30.1. The maximum atomic E-state index is 9.98. The second-order valence-electron chi connectivity index (χ2n) is 13.1. The number of hydrogen-bond acceptors (Lipinski definition) is 1. The van der Waals surface area contributed by atoms with Gasteiger partial charge in [-0.05, 0) is 114 Å². The monoisotopic (exact) mass is 743 g/mol. The van der Waals surface area contributed by atoms with E-state index in [9.17, 15) is 16.4 Å². The first kappa shape index (κ1) is 19.9. The van der Waals surface area contributed by atoms with Gasteiger partial charge >= 0.3 is 0 Å². The van der Waals surface area contributed by atoms with E-state index >= 15 is 0 Å². The average molecular weight is 744 g/mol. The van der Waals surface area contributed by atoms with Crippen LogP contribution in [0.15, 0.2) is 236 Å². The molecule has 0 spiro atoms. The molecule has 0 unspecified atom stereocenters. The van der Waals surface area contributed by atoms with Crippen molar-refractivity contribution in [1.29, 1.82) is 0 Å². The highest BCUT2D eigenvalue weighted by molar-refractivity contribution is 6.04. The molecule has 0 radical (unpaired) electrons. The van der Waals surface area contributed by atoms with Crippen LogP contribution in [0.2, 0.25) is 0 Å². The molecular formula is C56H39N. The lowest BCUT2D eigenvalue weighted by Crippen LogP contribution is -2.11. The maximum Gasteiger partial charge on any atom is 0.0645 e. The quantitative estimate of drug-likeness (QED) is 0.150. The first-order chi connectivity index (χ1) is 35.8. The van der Waals surface area contributed by atoms with Gasteiger partial charge in [0.2, 0.25) is 0 Å². The molecule has 0 heterocycles. The molecule has 0 saturated heterocycles. The molecule has 268 valence electrons. The summed E-state index contributed by atoms with van der Waals surface area (Å²) >= 11 is 0. The van der Waals surface area contributed by atoms with E-state index in [1.807, 2.05) is 54.6 Å². The van der Waals surface area contributed by atoms with Crippen LogP contribution in [0.25, 0.3) is 77.2 Å². The third-order valence-electron chi connectivity index (χ3n) is 9.58. The van der Waals surface area contributed by atoms with Crippen molar-refractivity contribution in [2.24, 2.45) is 0 Å². The third-order valence-corrected chi connectivity index (χ3v) is 9.58. The summed E-state index contributed by atoms with van der Waals surface area (Å²) in [4.78, 5) is 0.863. The van der Waals surface area contributed by atoms with E-state index in [1.165, 1.54) is 0 Å². The Morgan fingerprint density at radius 3 is 1.53 bits per heavy atom. The molecule has 57 heavy (non-hydrogen) atoms. The zero-order valence-electron chi connectivity index (χ0n) is 48.1. The summed E-state index contributed by atoms with van der Waals surface area (Å²) in [5, 5.41) is 0.360. The topological polar surface area (TPSA) is 3.24 Å². The number of rotatable bonds is 8. The molecule has 0 aliphatic rings. The minimum Gasteiger partial charge on any atom is -0.310 e. The van der Waals surface area contributed by atoms with Gasteiger partial charge in [-0.2, -0.15) is 0 Å². The highest BCUT2D eigenvalue weighted by Gasteiger charge is 2.20. The Bertz CT molecular complexity index is 3980. The molecule has 0 aliphatic heterocycles. The van der Waals surface area contributed by atoms with Crippen LogP contribution in [0.4, 0.5) is 17.1 Å². The SMILES string of the molecule is [2H]c1c([2H])c(N(c2c([2H])c([2H])c(-c3c([2H])c([2H])c4c([2H])c([2H])c([2H])c([2H])c4c3[2H])c([2H])c2[2H])c2c([2H])c([2H])c(-c3c(-c4ccccc4)ccc4ccccc34)c([2H])c2[2H])c(-c2ccccc2)c([2H])c1-c1ccccc1. The van der Waals surface area contributed by atoms with Gasteiger partial charge in [0, 0.05) is 16.9 Å². The van der Waals surface area contributed by atoms with Gasteiger partial charge < -0.3 is 4.90 Å². The van der Waals surface area contributed by atoms with Gasteiger partial charge in [-0.25, -0.2) is 0 Å². The standard InChI is InChI=1S/C56H39N/c1-4-14-40(15-5-1)49-31-37-55(54(39-49)44-19-8-3-9-20-44)57(50-32-26-42(27-33-50)48-25-24-41-16-10-11-22-47(41)38-48)51-34-28-46(29-35-51)56-52-23-13-12-21-45(52)30-36-53(56)43-17-6-2-7-18-43/h1-39H/i10D,11D,16D,22D,24D,25D,26D,27D,28D,29D,31D,32D,33D,34D,35D,37D,38D,39D. The second-order valence-corrected chi connectivity index (χ2v) is 13.1. The molecule has 0 aromatic heterocycles. The van der Waals surface area contributed by atoms with Gasteiger partial charge in [-0.15, -0.1) is 0 Å². The minimum atomic E-state index is -0.962. The number of anilines is 3. The van der Waals surface area contributed by atoms with Crippen LogP contribution in [-0.2, 0) is 0 Å². The van der Waals surface area contributed by atoms with Gasteiger partial charge in [-0.1, -0.05) is 194 Å². The van der Waals surface area contributed by atoms with Crippen LogP contribution in [0, 0.1) is 0 Å². The van der Waals surface area contributed by atoms with Crippen LogP contribution in [0.5, 0.6) is 0 Å². The van der Waals surface area contributed by atoms with E-state index in [-0.39, 0.29) is 28.3 Å². The Hall–Kier alpha value is -7.48. The fourth-order valence-corrected chi connectivity index (χ4v) is 6.86. The highest BCUT2D eigenvalue weighted by Crippen LogP contribution is 2.45. The number of hydrogen-bond donors (Lipinski definition) is 0. The predicted molar refractivity (Wildman–Crippen MR) is 243 cm³/mol. The molecule has 0 fully saturated rings. The van der Waals surface area contributed by atoms with E-state index in [1.54, 1.807) is 72.8 Å². The van der Waals surface area contributed by atoms with E-state index in [0.717, 1.165) is 10.3 Å². The lowest BCUT2D eigenvalue weighted by Gasteiger charge is -2.29. The molecule has 0 N–H and O–H groups in total.